The molecule has 1 N–H and O–H groups in total. The Bertz CT molecular complexity index is 214. The van der Waals surface area contributed by atoms with E-state index in [2.05, 4.69) is 24.1 Å². The normalized spacial score (nSPS) is 22.7. The fraction of sp³-hybridized carbons (Fsp3) is 0.917. The Morgan fingerprint density at radius 2 is 2.07 bits per heavy atom. The molecule has 1 amide bonds. The van der Waals surface area contributed by atoms with Gasteiger partial charge in [0.05, 0.1) is 0 Å². The molecule has 1 aliphatic rings. The van der Waals surface area contributed by atoms with Crippen molar-refractivity contribution in [1.29, 1.82) is 0 Å². The summed E-state index contributed by atoms with van der Waals surface area (Å²) in [4.78, 5) is 14.0. The van der Waals surface area contributed by atoms with Gasteiger partial charge in [-0.1, -0.05) is 0 Å². The first-order chi connectivity index (χ1) is 6.99. The summed E-state index contributed by atoms with van der Waals surface area (Å²) in [5, 5.41) is 2.96. The highest BCUT2D eigenvalue weighted by molar-refractivity contribution is 5.76. The number of carbonyl (C=O) groups excluding carboxylic acids is 1. The molecule has 0 aromatic carbocycles. The highest BCUT2D eigenvalue weighted by Crippen LogP contribution is 2.21. The molecule has 0 aromatic rings. The Morgan fingerprint density at radius 1 is 1.40 bits per heavy atom. The smallest absolute Gasteiger partial charge is 0.220 e. The molecule has 3 heteroatoms. The summed E-state index contributed by atoms with van der Waals surface area (Å²) in [6, 6.07) is 0.878. The second kappa shape index (κ2) is 5.50. The number of likely N-dealkylation sites (tertiary alicyclic amines) is 1. The van der Waals surface area contributed by atoms with Crippen molar-refractivity contribution in [2.75, 3.05) is 13.1 Å². The minimum atomic E-state index is 0.209. The maximum Gasteiger partial charge on any atom is 0.220 e. The number of hydrogen-bond donors (Lipinski definition) is 1. The van der Waals surface area contributed by atoms with E-state index in [1.165, 1.54) is 6.42 Å². The third kappa shape index (κ3) is 4.20. The predicted molar refractivity (Wildman–Crippen MR) is 62.7 cm³/mol. The van der Waals surface area contributed by atoms with Gasteiger partial charge >= 0.3 is 0 Å². The Hall–Kier alpha value is -0.570. The van der Waals surface area contributed by atoms with Gasteiger partial charge in [-0.05, 0) is 46.6 Å². The molecule has 1 rings (SSSR count). The van der Waals surface area contributed by atoms with Crippen LogP contribution in [0.25, 0.3) is 0 Å². The van der Waals surface area contributed by atoms with Crippen molar-refractivity contribution in [3.8, 4) is 0 Å². The number of amides is 1. The lowest BCUT2D eigenvalue weighted by molar-refractivity contribution is -0.122. The molecule has 1 saturated heterocycles. The monoisotopic (exact) mass is 212 g/mol. The number of nitrogens with zero attached hydrogens (tertiary/aromatic N) is 1. The quantitative estimate of drug-likeness (QED) is 0.768. The predicted octanol–water partition coefficient (Wildman–Crippen LogP) is 1.63. The van der Waals surface area contributed by atoms with Crippen LogP contribution in [0.15, 0.2) is 0 Å². The van der Waals surface area contributed by atoms with Gasteiger partial charge in [0.25, 0.3) is 0 Å². The summed E-state index contributed by atoms with van der Waals surface area (Å²) >= 11 is 0. The van der Waals surface area contributed by atoms with Crippen molar-refractivity contribution in [1.82, 2.24) is 10.2 Å². The van der Waals surface area contributed by atoms with Crippen LogP contribution in [0.3, 0.4) is 0 Å². The summed E-state index contributed by atoms with van der Waals surface area (Å²) < 4.78 is 0. The van der Waals surface area contributed by atoms with Gasteiger partial charge in [0.1, 0.15) is 0 Å². The van der Waals surface area contributed by atoms with Gasteiger partial charge in [0.15, 0.2) is 0 Å². The van der Waals surface area contributed by atoms with Gasteiger partial charge in [-0.25, -0.2) is 0 Å². The summed E-state index contributed by atoms with van der Waals surface area (Å²) in [6.07, 6.45) is 1.87. The van der Waals surface area contributed by atoms with E-state index in [1.54, 1.807) is 0 Å². The molecule has 1 aliphatic heterocycles. The fourth-order valence-corrected chi connectivity index (χ4v) is 2.14. The molecule has 15 heavy (non-hydrogen) atoms. The zero-order chi connectivity index (χ0) is 11.4. The molecule has 0 spiro atoms. The third-order valence-corrected chi connectivity index (χ3v) is 2.97. The van der Waals surface area contributed by atoms with Crippen molar-refractivity contribution in [2.45, 2.75) is 52.6 Å². The SMILES string of the molecule is CC(C)NC(=O)CC1CCN(C(C)C)C1. The molecule has 0 aliphatic carbocycles. The molecule has 1 heterocycles. The average Bonchev–Trinajstić information content (AvgIpc) is 2.50. The van der Waals surface area contributed by atoms with E-state index in [-0.39, 0.29) is 11.9 Å². The topological polar surface area (TPSA) is 32.3 Å². The van der Waals surface area contributed by atoms with E-state index in [0.29, 0.717) is 18.4 Å². The van der Waals surface area contributed by atoms with Crippen LogP contribution in [-0.2, 0) is 4.79 Å². The molecule has 0 radical (unpaired) electrons. The minimum absolute atomic E-state index is 0.209. The first-order valence-electron chi connectivity index (χ1n) is 6.02. The number of carbonyl (C=O) groups is 1. The zero-order valence-corrected chi connectivity index (χ0v) is 10.4. The lowest BCUT2D eigenvalue weighted by Crippen LogP contribution is -2.33. The molecule has 0 saturated carbocycles. The lowest BCUT2D eigenvalue weighted by Gasteiger charge is -2.20. The van der Waals surface area contributed by atoms with E-state index in [9.17, 15) is 4.79 Å². The van der Waals surface area contributed by atoms with Crippen LogP contribution in [-0.4, -0.2) is 36.0 Å². The van der Waals surface area contributed by atoms with Crippen LogP contribution in [0, 0.1) is 5.92 Å². The summed E-state index contributed by atoms with van der Waals surface area (Å²) in [5.74, 6) is 0.770. The van der Waals surface area contributed by atoms with Gasteiger partial charge in [-0.2, -0.15) is 0 Å². The maximum atomic E-state index is 11.6. The minimum Gasteiger partial charge on any atom is -0.354 e. The fourth-order valence-electron chi connectivity index (χ4n) is 2.14. The molecular weight excluding hydrogens is 188 g/mol. The van der Waals surface area contributed by atoms with Crippen molar-refractivity contribution >= 4 is 5.91 Å². The van der Waals surface area contributed by atoms with Crippen LogP contribution in [0.2, 0.25) is 0 Å². The standard InChI is InChI=1S/C12H24N2O/c1-9(2)13-12(15)7-11-5-6-14(8-11)10(3)4/h9-11H,5-8H2,1-4H3,(H,13,15). The Morgan fingerprint density at radius 3 is 2.53 bits per heavy atom. The maximum absolute atomic E-state index is 11.6. The second-order valence-electron chi connectivity index (χ2n) is 5.17. The number of hydrogen-bond acceptors (Lipinski definition) is 2. The van der Waals surface area contributed by atoms with E-state index in [1.807, 2.05) is 13.8 Å². The van der Waals surface area contributed by atoms with Crippen LogP contribution < -0.4 is 5.32 Å². The third-order valence-electron chi connectivity index (χ3n) is 2.97. The molecule has 1 fully saturated rings. The number of rotatable bonds is 4. The molecule has 3 nitrogen and oxygen atoms in total. The Balaban J connectivity index is 2.27. The van der Waals surface area contributed by atoms with Gasteiger partial charge in [0.2, 0.25) is 5.91 Å². The highest BCUT2D eigenvalue weighted by atomic mass is 16.1. The van der Waals surface area contributed by atoms with Crippen molar-refractivity contribution in [2.24, 2.45) is 5.92 Å². The number of nitrogens with one attached hydrogen (secondary N) is 1. The van der Waals surface area contributed by atoms with E-state index in [0.717, 1.165) is 13.1 Å². The van der Waals surface area contributed by atoms with E-state index >= 15 is 0 Å². The Labute approximate surface area is 93.2 Å². The van der Waals surface area contributed by atoms with Gasteiger partial charge in [-0.3, -0.25) is 4.79 Å². The average molecular weight is 212 g/mol. The second-order valence-corrected chi connectivity index (χ2v) is 5.17. The van der Waals surface area contributed by atoms with Crippen molar-refractivity contribution in [3.05, 3.63) is 0 Å². The molecule has 88 valence electrons. The van der Waals surface area contributed by atoms with Crippen molar-refractivity contribution in [3.63, 3.8) is 0 Å². The molecule has 0 bridgehead atoms. The molecule has 0 aromatic heterocycles. The first kappa shape index (κ1) is 12.5. The first-order valence-corrected chi connectivity index (χ1v) is 6.02. The van der Waals surface area contributed by atoms with E-state index in [4.69, 9.17) is 0 Å². The van der Waals surface area contributed by atoms with Crippen LogP contribution in [0.1, 0.15) is 40.5 Å². The van der Waals surface area contributed by atoms with Crippen LogP contribution >= 0.6 is 0 Å². The summed E-state index contributed by atoms with van der Waals surface area (Å²) in [5.41, 5.74) is 0. The highest BCUT2D eigenvalue weighted by Gasteiger charge is 2.25. The summed E-state index contributed by atoms with van der Waals surface area (Å²) in [7, 11) is 0. The molecule has 1 atom stereocenters. The zero-order valence-electron chi connectivity index (χ0n) is 10.4. The lowest BCUT2D eigenvalue weighted by atomic mass is 10.0. The van der Waals surface area contributed by atoms with Crippen LogP contribution in [0.5, 0.6) is 0 Å². The van der Waals surface area contributed by atoms with E-state index < -0.39 is 0 Å². The molecule has 1 unspecified atom stereocenters. The van der Waals surface area contributed by atoms with Gasteiger partial charge < -0.3 is 10.2 Å². The summed E-state index contributed by atoms with van der Waals surface area (Å²) in [6.45, 7) is 10.7. The van der Waals surface area contributed by atoms with Gasteiger partial charge in [-0.15, -0.1) is 0 Å². The van der Waals surface area contributed by atoms with Crippen molar-refractivity contribution < 1.29 is 4.79 Å². The van der Waals surface area contributed by atoms with Gasteiger partial charge in [0, 0.05) is 25.0 Å². The van der Waals surface area contributed by atoms with Crippen LogP contribution in [0.4, 0.5) is 0 Å². The molecular formula is C12H24N2O. The Kier molecular flexibility index (Phi) is 4.58. The largest absolute Gasteiger partial charge is 0.354 e.